The zero-order valence-electron chi connectivity index (χ0n) is 12.8. The summed E-state index contributed by atoms with van der Waals surface area (Å²) in [5.74, 6) is 0.474. The van der Waals surface area contributed by atoms with Gasteiger partial charge in [0.2, 0.25) is 5.88 Å². The first-order valence-electron chi connectivity index (χ1n) is 7.28. The lowest BCUT2D eigenvalue weighted by Gasteiger charge is -2.15. The summed E-state index contributed by atoms with van der Waals surface area (Å²) in [6, 6.07) is 1.89. The van der Waals surface area contributed by atoms with Gasteiger partial charge in [0.15, 0.2) is 0 Å². The van der Waals surface area contributed by atoms with E-state index in [1.54, 1.807) is 6.92 Å². The SMILES string of the molecule is CCOC(=O)c1c(CC2CCC(=O)C2)cc(C)nc1OC. The number of esters is 1. The molecule has 1 aliphatic carbocycles. The maximum absolute atomic E-state index is 12.2. The van der Waals surface area contributed by atoms with Crippen LogP contribution in [-0.2, 0) is 16.0 Å². The molecule has 0 amide bonds. The van der Waals surface area contributed by atoms with Gasteiger partial charge >= 0.3 is 5.97 Å². The molecule has 114 valence electrons. The van der Waals surface area contributed by atoms with E-state index in [-0.39, 0.29) is 5.92 Å². The summed E-state index contributed by atoms with van der Waals surface area (Å²) in [4.78, 5) is 27.9. The first-order valence-corrected chi connectivity index (χ1v) is 7.28. The largest absolute Gasteiger partial charge is 0.480 e. The molecule has 5 nitrogen and oxygen atoms in total. The van der Waals surface area contributed by atoms with Crippen LogP contribution in [0, 0.1) is 12.8 Å². The summed E-state index contributed by atoms with van der Waals surface area (Å²) in [6.07, 6.45) is 2.79. The van der Waals surface area contributed by atoms with Crippen LogP contribution in [0.2, 0.25) is 0 Å². The van der Waals surface area contributed by atoms with Gasteiger partial charge in [-0.3, -0.25) is 4.79 Å². The number of rotatable bonds is 5. The molecule has 0 aliphatic heterocycles. The molecular weight excluding hydrogens is 270 g/mol. The van der Waals surface area contributed by atoms with Crippen molar-refractivity contribution in [1.82, 2.24) is 4.98 Å². The lowest BCUT2D eigenvalue weighted by atomic mass is 9.94. The number of hydrogen-bond acceptors (Lipinski definition) is 5. The van der Waals surface area contributed by atoms with Crippen molar-refractivity contribution in [2.24, 2.45) is 5.92 Å². The summed E-state index contributed by atoms with van der Waals surface area (Å²) >= 11 is 0. The van der Waals surface area contributed by atoms with Crippen molar-refractivity contribution >= 4 is 11.8 Å². The predicted octanol–water partition coefficient (Wildman–Crippen LogP) is 2.49. The number of nitrogens with zero attached hydrogens (tertiary/aromatic N) is 1. The Hall–Kier alpha value is -1.91. The highest BCUT2D eigenvalue weighted by Gasteiger charge is 2.27. The zero-order chi connectivity index (χ0) is 15.4. The second-order valence-corrected chi connectivity index (χ2v) is 5.38. The van der Waals surface area contributed by atoms with E-state index in [4.69, 9.17) is 9.47 Å². The molecule has 1 aromatic rings. The molecule has 2 rings (SSSR count). The van der Waals surface area contributed by atoms with Gasteiger partial charge in [0.1, 0.15) is 11.3 Å². The quantitative estimate of drug-likeness (QED) is 0.780. The number of carbonyl (C=O) groups is 2. The molecule has 1 atom stereocenters. The summed E-state index contributed by atoms with van der Waals surface area (Å²) in [7, 11) is 1.49. The van der Waals surface area contributed by atoms with E-state index in [0.717, 1.165) is 17.7 Å². The Morgan fingerprint density at radius 1 is 1.48 bits per heavy atom. The van der Waals surface area contributed by atoms with Gasteiger partial charge in [0.05, 0.1) is 13.7 Å². The minimum Gasteiger partial charge on any atom is -0.480 e. The Labute approximate surface area is 124 Å². The highest BCUT2D eigenvalue weighted by atomic mass is 16.5. The molecule has 0 aromatic carbocycles. The first-order chi connectivity index (χ1) is 10.0. The maximum atomic E-state index is 12.2. The minimum atomic E-state index is -0.416. The molecule has 1 aromatic heterocycles. The van der Waals surface area contributed by atoms with Gasteiger partial charge < -0.3 is 9.47 Å². The number of carbonyl (C=O) groups excluding carboxylic acids is 2. The fraction of sp³-hybridized carbons (Fsp3) is 0.562. The summed E-state index contributed by atoms with van der Waals surface area (Å²) in [5.41, 5.74) is 2.04. The maximum Gasteiger partial charge on any atom is 0.343 e. The molecule has 1 aliphatic rings. The molecule has 1 heterocycles. The Kier molecular flexibility index (Phi) is 4.94. The number of pyridine rings is 1. The monoisotopic (exact) mass is 291 g/mol. The van der Waals surface area contributed by atoms with Crippen molar-refractivity contribution < 1.29 is 19.1 Å². The molecule has 0 spiro atoms. The van der Waals surface area contributed by atoms with Crippen molar-refractivity contribution in [3.05, 3.63) is 22.9 Å². The predicted molar refractivity (Wildman–Crippen MR) is 77.5 cm³/mol. The molecular formula is C16H21NO4. The third kappa shape index (κ3) is 3.60. The van der Waals surface area contributed by atoms with Crippen molar-refractivity contribution in [2.45, 2.75) is 39.5 Å². The fourth-order valence-electron chi connectivity index (χ4n) is 2.82. The average molecular weight is 291 g/mol. The Bertz CT molecular complexity index is 553. The molecule has 0 N–H and O–H groups in total. The number of hydrogen-bond donors (Lipinski definition) is 0. The van der Waals surface area contributed by atoms with Gasteiger partial charge in [0, 0.05) is 18.5 Å². The molecule has 0 radical (unpaired) electrons. The molecule has 0 saturated heterocycles. The number of aryl methyl sites for hydroxylation is 1. The van der Waals surface area contributed by atoms with Crippen LogP contribution in [0.1, 0.15) is 47.8 Å². The van der Waals surface area contributed by atoms with E-state index in [2.05, 4.69) is 4.98 Å². The van der Waals surface area contributed by atoms with Gasteiger partial charge in [0.25, 0.3) is 0 Å². The smallest absolute Gasteiger partial charge is 0.343 e. The van der Waals surface area contributed by atoms with Crippen LogP contribution in [0.5, 0.6) is 5.88 Å². The van der Waals surface area contributed by atoms with Crippen LogP contribution in [0.25, 0.3) is 0 Å². The van der Waals surface area contributed by atoms with Gasteiger partial charge in [-0.25, -0.2) is 9.78 Å². The van der Waals surface area contributed by atoms with Crippen LogP contribution in [0.4, 0.5) is 0 Å². The topological polar surface area (TPSA) is 65.5 Å². The molecule has 0 bridgehead atoms. The average Bonchev–Trinajstić information content (AvgIpc) is 2.83. The standard InChI is InChI=1S/C16H21NO4/c1-4-21-16(19)14-12(7-10(2)17-15(14)20-3)8-11-5-6-13(18)9-11/h7,11H,4-6,8-9H2,1-3H3. The van der Waals surface area contributed by atoms with Crippen LogP contribution in [0.15, 0.2) is 6.07 Å². The normalized spacial score (nSPS) is 17.9. The van der Waals surface area contributed by atoms with Gasteiger partial charge in [-0.15, -0.1) is 0 Å². The minimum absolute atomic E-state index is 0.289. The second kappa shape index (κ2) is 6.70. The second-order valence-electron chi connectivity index (χ2n) is 5.38. The Balaban J connectivity index is 2.35. The number of ether oxygens (including phenoxy) is 2. The Morgan fingerprint density at radius 3 is 2.81 bits per heavy atom. The fourth-order valence-corrected chi connectivity index (χ4v) is 2.82. The van der Waals surface area contributed by atoms with Gasteiger partial charge in [-0.05, 0) is 44.2 Å². The van der Waals surface area contributed by atoms with Crippen molar-refractivity contribution in [3.63, 3.8) is 0 Å². The highest BCUT2D eigenvalue weighted by molar-refractivity contribution is 5.93. The summed E-state index contributed by atoms with van der Waals surface area (Å²) in [6.45, 7) is 3.93. The van der Waals surface area contributed by atoms with Crippen LogP contribution in [-0.4, -0.2) is 30.5 Å². The number of methoxy groups -OCH3 is 1. The molecule has 1 fully saturated rings. The van der Waals surface area contributed by atoms with E-state index in [9.17, 15) is 9.59 Å². The number of aromatic nitrogens is 1. The molecule has 1 unspecified atom stereocenters. The highest BCUT2D eigenvalue weighted by Crippen LogP contribution is 2.30. The van der Waals surface area contributed by atoms with Crippen LogP contribution >= 0.6 is 0 Å². The van der Waals surface area contributed by atoms with Crippen LogP contribution in [0.3, 0.4) is 0 Å². The van der Waals surface area contributed by atoms with Gasteiger partial charge in [-0.1, -0.05) is 0 Å². The van der Waals surface area contributed by atoms with Crippen molar-refractivity contribution in [2.75, 3.05) is 13.7 Å². The lowest BCUT2D eigenvalue weighted by Crippen LogP contribution is -2.14. The number of ketones is 1. The molecule has 21 heavy (non-hydrogen) atoms. The molecule has 1 saturated carbocycles. The number of Topliss-reactive ketones (excluding diaryl/α,β-unsaturated/α-hetero) is 1. The lowest BCUT2D eigenvalue weighted by molar-refractivity contribution is -0.117. The van der Waals surface area contributed by atoms with Crippen molar-refractivity contribution in [1.29, 1.82) is 0 Å². The van der Waals surface area contributed by atoms with Crippen molar-refractivity contribution in [3.8, 4) is 5.88 Å². The summed E-state index contributed by atoms with van der Waals surface area (Å²) < 4.78 is 10.4. The summed E-state index contributed by atoms with van der Waals surface area (Å²) in [5, 5.41) is 0. The van der Waals surface area contributed by atoms with Crippen LogP contribution < -0.4 is 4.74 Å². The van der Waals surface area contributed by atoms with E-state index >= 15 is 0 Å². The third-order valence-corrected chi connectivity index (χ3v) is 3.73. The van der Waals surface area contributed by atoms with Gasteiger partial charge in [-0.2, -0.15) is 0 Å². The Morgan fingerprint density at radius 2 is 2.24 bits per heavy atom. The molecule has 5 heteroatoms. The van der Waals surface area contributed by atoms with E-state index in [0.29, 0.717) is 43.1 Å². The first kappa shape index (κ1) is 15.5. The van der Waals surface area contributed by atoms with E-state index in [1.165, 1.54) is 7.11 Å². The zero-order valence-corrected chi connectivity index (χ0v) is 12.8. The van der Waals surface area contributed by atoms with E-state index < -0.39 is 5.97 Å². The third-order valence-electron chi connectivity index (χ3n) is 3.73. The van der Waals surface area contributed by atoms with E-state index in [1.807, 2.05) is 13.0 Å².